The first-order valence-electron chi connectivity index (χ1n) is 7.29. The first-order chi connectivity index (χ1) is 9.72. The van der Waals surface area contributed by atoms with E-state index in [-0.39, 0.29) is 5.91 Å². The lowest BCUT2D eigenvalue weighted by atomic mass is 9.97. The van der Waals surface area contributed by atoms with Crippen molar-refractivity contribution in [3.8, 4) is 0 Å². The number of hydrogen-bond acceptors (Lipinski definition) is 5. The lowest BCUT2D eigenvalue weighted by Gasteiger charge is -2.38. The molecule has 0 radical (unpaired) electrons. The summed E-state index contributed by atoms with van der Waals surface area (Å²) >= 11 is 0. The predicted octanol–water partition coefficient (Wildman–Crippen LogP) is -0.205. The van der Waals surface area contributed by atoms with Gasteiger partial charge in [-0.2, -0.15) is 10.1 Å². The van der Waals surface area contributed by atoms with E-state index in [0.717, 1.165) is 51.6 Å². The van der Waals surface area contributed by atoms with Gasteiger partial charge in [-0.25, -0.2) is 5.10 Å². The third-order valence-corrected chi connectivity index (χ3v) is 4.31. The normalized spacial score (nSPS) is 25.2. The van der Waals surface area contributed by atoms with Crippen LogP contribution in [0.3, 0.4) is 0 Å². The van der Waals surface area contributed by atoms with Crippen LogP contribution in [-0.2, 0) is 4.79 Å². The van der Waals surface area contributed by atoms with E-state index >= 15 is 0 Å². The maximum atomic E-state index is 11.5. The Hall–Kier alpha value is -1.63. The fourth-order valence-electron chi connectivity index (χ4n) is 3.11. The van der Waals surface area contributed by atoms with Crippen molar-refractivity contribution in [2.45, 2.75) is 12.8 Å². The lowest BCUT2D eigenvalue weighted by Crippen LogP contribution is -2.50. The highest BCUT2D eigenvalue weighted by molar-refractivity contribution is 5.76. The molecule has 2 fully saturated rings. The van der Waals surface area contributed by atoms with E-state index in [1.54, 1.807) is 6.33 Å². The number of amides is 1. The third-order valence-electron chi connectivity index (χ3n) is 4.31. The summed E-state index contributed by atoms with van der Waals surface area (Å²) in [6, 6.07) is 0. The average Bonchev–Trinajstić information content (AvgIpc) is 2.98. The first-order valence-corrected chi connectivity index (χ1v) is 7.29. The molecule has 0 aliphatic carbocycles. The number of aromatic amines is 1. The van der Waals surface area contributed by atoms with Crippen molar-refractivity contribution in [3.05, 3.63) is 6.33 Å². The molecule has 2 saturated heterocycles. The molecule has 0 bridgehead atoms. The maximum absolute atomic E-state index is 11.5. The second kappa shape index (κ2) is 5.78. The van der Waals surface area contributed by atoms with Gasteiger partial charge in [-0.15, -0.1) is 0 Å². The van der Waals surface area contributed by atoms with Crippen LogP contribution in [0.25, 0.3) is 0 Å². The van der Waals surface area contributed by atoms with E-state index < -0.39 is 0 Å². The van der Waals surface area contributed by atoms with Crippen LogP contribution in [0.15, 0.2) is 6.33 Å². The minimum absolute atomic E-state index is 0.288. The number of piperidine rings is 1. The van der Waals surface area contributed by atoms with Crippen molar-refractivity contribution in [1.82, 2.24) is 25.0 Å². The second-order valence-electron chi connectivity index (χ2n) is 5.78. The molecule has 2 aliphatic rings. The number of anilines is 1. The minimum atomic E-state index is 0.288. The van der Waals surface area contributed by atoms with Crippen LogP contribution in [0.4, 0.5) is 5.95 Å². The van der Waals surface area contributed by atoms with Crippen molar-refractivity contribution in [2.24, 2.45) is 5.92 Å². The molecule has 110 valence electrons. The lowest BCUT2D eigenvalue weighted by molar-refractivity contribution is -0.133. The minimum Gasteiger partial charge on any atom is -0.345 e. The zero-order valence-corrected chi connectivity index (χ0v) is 12.0. The van der Waals surface area contributed by atoms with Crippen molar-refractivity contribution in [2.75, 3.05) is 51.2 Å². The Kier molecular flexibility index (Phi) is 3.86. The number of H-pyrrole nitrogens is 1. The number of piperazine rings is 1. The molecule has 0 spiro atoms. The van der Waals surface area contributed by atoms with Gasteiger partial charge >= 0.3 is 0 Å². The van der Waals surface area contributed by atoms with Crippen molar-refractivity contribution >= 4 is 11.9 Å². The van der Waals surface area contributed by atoms with Crippen LogP contribution in [-0.4, -0.2) is 77.2 Å². The van der Waals surface area contributed by atoms with E-state index in [4.69, 9.17) is 0 Å². The number of aromatic nitrogens is 3. The zero-order chi connectivity index (χ0) is 13.9. The molecular formula is C13H22N6O. The number of nitrogens with one attached hydrogen (secondary N) is 1. The average molecular weight is 278 g/mol. The van der Waals surface area contributed by atoms with Crippen LogP contribution in [0.2, 0.25) is 0 Å². The summed E-state index contributed by atoms with van der Waals surface area (Å²) in [5.74, 6) is 1.78. The number of carbonyl (C=O) groups is 1. The molecule has 0 saturated carbocycles. The molecule has 1 aromatic rings. The van der Waals surface area contributed by atoms with Crippen molar-refractivity contribution < 1.29 is 4.79 Å². The molecule has 1 N–H and O–H groups in total. The standard InChI is InChI=1S/C13H22N6O/c1-17-8-11(2-3-12(17)20)9-18-4-6-19(7-5-18)13-14-10-15-16-13/h10-11H,2-9H2,1H3,(H,14,15,16). The number of carbonyl (C=O) groups excluding carboxylic acids is 1. The van der Waals surface area contributed by atoms with Crippen LogP contribution >= 0.6 is 0 Å². The Morgan fingerprint density at radius 1 is 1.35 bits per heavy atom. The van der Waals surface area contributed by atoms with Gasteiger partial charge in [-0.05, 0) is 12.3 Å². The molecule has 7 heteroatoms. The highest BCUT2D eigenvalue weighted by atomic mass is 16.2. The van der Waals surface area contributed by atoms with Gasteiger partial charge in [0.15, 0.2) is 0 Å². The largest absolute Gasteiger partial charge is 0.345 e. The topological polar surface area (TPSA) is 68.4 Å². The van der Waals surface area contributed by atoms with Gasteiger partial charge in [0.05, 0.1) is 0 Å². The van der Waals surface area contributed by atoms with Crippen molar-refractivity contribution in [3.63, 3.8) is 0 Å². The Labute approximate surface area is 118 Å². The molecule has 1 aromatic heterocycles. The van der Waals surface area contributed by atoms with Gasteiger partial charge in [0.2, 0.25) is 11.9 Å². The molecule has 1 unspecified atom stereocenters. The number of likely N-dealkylation sites (tertiary alicyclic amines) is 1. The quantitative estimate of drug-likeness (QED) is 0.829. The Balaban J connectivity index is 1.46. The first kappa shape index (κ1) is 13.4. The summed E-state index contributed by atoms with van der Waals surface area (Å²) in [4.78, 5) is 22.3. The van der Waals surface area contributed by atoms with Gasteiger partial charge in [0, 0.05) is 52.7 Å². The summed E-state index contributed by atoms with van der Waals surface area (Å²) in [5.41, 5.74) is 0. The van der Waals surface area contributed by atoms with E-state index in [0.29, 0.717) is 12.3 Å². The summed E-state index contributed by atoms with van der Waals surface area (Å²) in [7, 11) is 1.91. The monoisotopic (exact) mass is 278 g/mol. The molecule has 20 heavy (non-hydrogen) atoms. The summed E-state index contributed by atoms with van der Waals surface area (Å²) < 4.78 is 0. The predicted molar refractivity (Wildman–Crippen MR) is 75.4 cm³/mol. The Morgan fingerprint density at radius 2 is 2.15 bits per heavy atom. The summed E-state index contributed by atoms with van der Waals surface area (Å²) in [6.07, 6.45) is 3.29. The number of nitrogens with zero attached hydrogens (tertiary/aromatic N) is 5. The fraction of sp³-hybridized carbons (Fsp3) is 0.769. The highest BCUT2D eigenvalue weighted by Crippen LogP contribution is 2.18. The van der Waals surface area contributed by atoms with Gasteiger partial charge in [0.25, 0.3) is 0 Å². The molecule has 3 rings (SSSR count). The van der Waals surface area contributed by atoms with E-state index in [2.05, 4.69) is 25.0 Å². The Morgan fingerprint density at radius 3 is 2.80 bits per heavy atom. The third kappa shape index (κ3) is 2.92. The van der Waals surface area contributed by atoms with Crippen LogP contribution in [0, 0.1) is 5.92 Å². The molecule has 2 aliphatic heterocycles. The molecule has 3 heterocycles. The maximum Gasteiger partial charge on any atom is 0.222 e. The van der Waals surface area contributed by atoms with E-state index in [9.17, 15) is 4.79 Å². The summed E-state index contributed by atoms with van der Waals surface area (Å²) in [6.45, 7) is 6.07. The Bertz CT molecular complexity index is 440. The van der Waals surface area contributed by atoms with E-state index in [1.165, 1.54) is 0 Å². The van der Waals surface area contributed by atoms with Gasteiger partial charge in [-0.3, -0.25) is 9.69 Å². The van der Waals surface area contributed by atoms with Gasteiger partial charge < -0.3 is 9.80 Å². The zero-order valence-electron chi connectivity index (χ0n) is 12.0. The second-order valence-corrected chi connectivity index (χ2v) is 5.78. The molecule has 7 nitrogen and oxygen atoms in total. The van der Waals surface area contributed by atoms with Crippen LogP contribution in [0.5, 0.6) is 0 Å². The molecular weight excluding hydrogens is 256 g/mol. The SMILES string of the molecule is CN1CC(CN2CCN(c3ncn[nH]3)CC2)CCC1=O. The van der Waals surface area contributed by atoms with Gasteiger partial charge in [-0.1, -0.05) is 0 Å². The smallest absolute Gasteiger partial charge is 0.222 e. The van der Waals surface area contributed by atoms with Crippen LogP contribution < -0.4 is 4.90 Å². The number of rotatable bonds is 3. The van der Waals surface area contributed by atoms with Crippen molar-refractivity contribution in [1.29, 1.82) is 0 Å². The molecule has 1 amide bonds. The fourth-order valence-corrected chi connectivity index (χ4v) is 3.11. The number of hydrogen-bond donors (Lipinski definition) is 1. The molecule has 0 aromatic carbocycles. The van der Waals surface area contributed by atoms with Gasteiger partial charge in [0.1, 0.15) is 6.33 Å². The summed E-state index contributed by atoms with van der Waals surface area (Å²) in [5, 5.41) is 6.81. The molecule has 1 atom stereocenters. The highest BCUT2D eigenvalue weighted by Gasteiger charge is 2.26. The van der Waals surface area contributed by atoms with E-state index in [1.807, 2.05) is 11.9 Å². The van der Waals surface area contributed by atoms with Crippen LogP contribution in [0.1, 0.15) is 12.8 Å².